The zero-order valence-electron chi connectivity index (χ0n) is 12.9. The maximum atomic E-state index is 13.1. The molecule has 0 radical (unpaired) electrons. The molecule has 4 aromatic rings. The van der Waals surface area contributed by atoms with Crippen LogP contribution in [0.1, 0.15) is 11.3 Å². The van der Waals surface area contributed by atoms with Crippen LogP contribution in [0, 0.1) is 11.3 Å². The lowest BCUT2D eigenvalue weighted by Crippen LogP contribution is -2.06. The Kier molecular flexibility index (Phi) is 3.70. The number of halogens is 3. The van der Waals surface area contributed by atoms with Gasteiger partial charge >= 0.3 is 6.18 Å². The third kappa shape index (κ3) is 2.70. The summed E-state index contributed by atoms with van der Waals surface area (Å²) in [6.45, 7) is 0. The molecule has 0 atom stereocenters. The topological polar surface area (TPSA) is 78.2 Å². The molecule has 1 N–H and O–H groups in total. The van der Waals surface area contributed by atoms with Gasteiger partial charge in [-0.05, 0) is 24.3 Å². The molecule has 3 heterocycles. The van der Waals surface area contributed by atoms with Crippen LogP contribution in [0.5, 0.6) is 0 Å². The maximum absolute atomic E-state index is 13.1. The van der Waals surface area contributed by atoms with Crippen LogP contribution >= 0.6 is 11.3 Å². The van der Waals surface area contributed by atoms with Crippen molar-refractivity contribution in [2.45, 2.75) is 6.18 Å². The number of hydrogen-bond donors (Lipinski definition) is 1. The Balaban J connectivity index is 1.78. The summed E-state index contributed by atoms with van der Waals surface area (Å²) in [4.78, 5) is 5.57. The van der Waals surface area contributed by atoms with Gasteiger partial charge in [0.25, 0.3) is 0 Å². The normalized spacial score (nSPS) is 11.6. The van der Waals surface area contributed by atoms with Gasteiger partial charge in [0.1, 0.15) is 11.8 Å². The van der Waals surface area contributed by atoms with Crippen molar-refractivity contribution in [2.75, 3.05) is 0 Å². The second-order valence-electron chi connectivity index (χ2n) is 5.40. The van der Waals surface area contributed by atoms with E-state index in [-0.39, 0.29) is 11.2 Å². The molecule has 5 nitrogen and oxygen atoms in total. The summed E-state index contributed by atoms with van der Waals surface area (Å²) in [7, 11) is 0. The molecule has 0 spiro atoms. The molecule has 4 rings (SSSR count). The highest BCUT2D eigenvalue weighted by molar-refractivity contribution is 7.18. The second-order valence-corrected chi connectivity index (χ2v) is 6.48. The highest BCUT2D eigenvalue weighted by Gasteiger charge is 2.33. The number of rotatable bonds is 2. The zero-order chi connectivity index (χ0) is 18.3. The Hall–Kier alpha value is -3.25. The Morgan fingerprint density at radius 3 is 2.65 bits per heavy atom. The molecule has 9 heteroatoms. The van der Waals surface area contributed by atoms with Crippen LogP contribution in [0.3, 0.4) is 0 Å². The molecule has 0 aliphatic rings. The van der Waals surface area contributed by atoms with Gasteiger partial charge in [0, 0.05) is 22.0 Å². The number of nitrogens with one attached hydrogen (secondary N) is 1. The number of thiophene rings is 1. The van der Waals surface area contributed by atoms with E-state index >= 15 is 0 Å². The monoisotopic (exact) mass is 371 g/mol. The fraction of sp³-hybridized carbons (Fsp3) is 0.0588. The van der Waals surface area contributed by atoms with E-state index in [0.29, 0.717) is 16.6 Å². The fourth-order valence-electron chi connectivity index (χ4n) is 2.63. The molecule has 0 fully saturated rings. The number of hydrogen-bond acceptors (Lipinski definition) is 5. The molecule has 26 heavy (non-hydrogen) atoms. The number of aromatic amines is 1. The number of nitriles is 1. The first-order valence-corrected chi connectivity index (χ1v) is 8.16. The molecule has 1 aromatic carbocycles. The van der Waals surface area contributed by atoms with Crippen molar-refractivity contribution in [3.05, 3.63) is 53.9 Å². The van der Waals surface area contributed by atoms with Gasteiger partial charge in [-0.3, -0.25) is 4.98 Å². The van der Waals surface area contributed by atoms with Crippen LogP contribution in [-0.4, -0.2) is 20.4 Å². The summed E-state index contributed by atoms with van der Waals surface area (Å²) in [5.74, 6) is 0. The standard InChI is InChI=1S/C17H8F3N5S/c18-17(19,20)11-3-1-2-9-6-10(8-22-15(9)11)13-4-5-14(26-13)16-12(7-21)23-25-24-16/h1-6,8H,(H,23,24,25). The number of aromatic nitrogens is 4. The molecule has 128 valence electrons. The molecule has 0 bridgehead atoms. The van der Waals surface area contributed by atoms with Gasteiger partial charge in [-0.25, -0.2) is 0 Å². The van der Waals surface area contributed by atoms with Crippen LogP contribution < -0.4 is 0 Å². The van der Waals surface area contributed by atoms with E-state index in [1.54, 1.807) is 18.2 Å². The molecule has 0 saturated heterocycles. The van der Waals surface area contributed by atoms with Gasteiger partial charge in [0.2, 0.25) is 0 Å². The van der Waals surface area contributed by atoms with Crippen molar-refractivity contribution >= 4 is 22.2 Å². The first kappa shape index (κ1) is 16.2. The third-order valence-corrected chi connectivity index (χ3v) is 4.94. The number of pyridine rings is 1. The van der Waals surface area contributed by atoms with Crippen LogP contribution in [0.15, 0.2) is 42.6 Å². The second kappa shape index (κ2) is 5.93. The molecule has 0 aliphatic heterocycles. The molecule has 0 unspecified atom stereocenters. The van der Waals surface area contributed by atoms with Gasteiger partial charge in [0.05, 0.1) is 16.0 Å². The van der Waals surface area contributed by atoms with E-state index < -0.39 is 11.7 Å². The zero-order valence-corrected chi connectivity index (χ0v) is 13.7. The molecule has 3 aromatic heterocycles. The predicted molar refractivity (Wildman–Crippen MR) is 90.1 cm³/mol. The van der Waals surface area contributed by atoms with Crippen LogP contribution in [0.25, 0.3) is 31.9 Å². The van der Waals surface area contributed by atoms with Gasteiger partial charge in [-0.1, -0.05) is 12.1 Å². The average molecular weight is 371 g/mol. The minimum Gasteiger partial charge on any atom is -0.255 e. The van der Waals surface area contributed by atoms with Crippen molar-refractivity contribution in [3.63, 3.8) is 0 Å². The van der Waals surface area contributed by atoms with Crippen molar-refractivity contribution in [1.29, 1.82) is 5.26 Å². The Morgan fingerprint density at radius 2 is 1.88 bits per heavy atom. The number of fused-ring (bicyclic) bond motifs is 1. The Bertz CT molecular complexity index is 1150. The third-order valence-electron chi connectivity index (χ3n) is 3.79. The summed E-state index contributed by atoms with van der Waals surface area (Å²) in [5.41, 5.74) is 0.482. The van der Waals surface area contributed by atoms with Gasteiger partial charge < -0.3 is 0 Å². The van der Waals surface area contributed by atoms with Crippen molar-refractivity contribution in [1.82, 2.24) is 20.4 Å². The first-order chi connectivity index (χ1) is 12.5. The first-order valence-electron chi connectivity index (χ1n) is 7.35. The highest BCUT2D eigenvalue weighted by Crippen LogP contribution is 2.37. The van der Waals surface area contributed by atoms with Crippen LogP contribution in [-0.2, 0) is 6.18 Å². The van der Waals surface area contributed by atoms with Crippen LogP contribution in [0.4, 0.5) is 13.2 Å². The predicted octanol–water partition coefficient (Wildman–Crippen LogP) is 4.64. The minimum atomic E-state index is -4.45. The fourth-order valence-corrected chi connectivity index (χ4v) is 3.60. The lowest BCUT2D eigenvalue weighted by atomic mass is 10.1. The lowest BCUT2D eigenvalue weighted by molar-refractivity contribution is -0.136. The maximum Gasteiger partial charge on any atom is 0.418 e. The lowest BCUT2D eigenvalue weighted by Gasteiger charge is -2.10. The van der Waals surface area contributed by atoms with Crippen molar-refractivity contribution in [3.8, 4) is 27.1 Å². The summed E-state index contributed by atoms with van der Waals surface area (Å²) >= 11 is 1.36. The number of H-pyrrole nitrogens is 1. The molecular formula is C17H8F3N5S. The Labute approximate surface area is 148 Å². The largest absolute Gasteiger partial charge is 0.418 e. The van der Waals surface area contributed by atoms with E-state index in [0.717, 1.165) is 15.8 Å². The van der Waals surface area contributed by atoms with E-state index in [4.69, 9.17) is 5.26 Å². The quantitative estimate of drug-likeness (QED) is 0.557. The SMILES string of the molecule is N#Cc1n[nH]nc1-c1ccc(-c2cnc3c(C(F)(F)F)cccc3c2)s1. The highest BCUT2D eigenvalue weighted by atomic mass is 32.1. The van der Waals surface area contributed by atoms with Crippen molar-refractivity contribution < 1.29 is 13.2 Å². The average Bonchev–Trinajstić information content (AvgIpc) is 3.28. The minimum absolute atomic E-state index is 0.0798. The van der Waals surface area contributed by atoms with Gasteiger partial charge in [-0.15, -0.1) is 16.4 Å². The van der Waals surface area contributed by atoms with Crippen LogP contribution in [0.2, 0.25) is 0 Å². The summed E-state index contributed by atoms with van der Waals surface area (Å²) in [6, 6.07) is 11.2. The van der Waals surface area contributed by atoms with E-state index in [9.17, 15) is 13.2 Å². The summed E-state index contributed by atoms with van der Waals surface area (Å²) < 4.78 is 39.3. The molecular weight excluding hydrogens is 363 g/mol. The summed E-state index contributed by atoms with van der Waals surface area (Å²) in [5, 5.41) is 19.6. The molecule has 0 saturated carbocycles. The van der Waals surface area contributed by atoms with E-state index in [1.165, 1.54) is 23.6 Å². The van der Waals surface area contributed by atoms with Crippen molar-refractivity contribution in [2.24, 2.45) is 0 Å². The molecule has 0 aliphatic carbocycles. The van der Waals surface area contributed by atoms with Gasteiger partial charge in [0.15, 0.2) is 5.69 Å². The van der Waals surface area contributed by atoms with E-state index in [1.807, 2.05) is 12.1 Å². The number of para-hydroxylation sites is 1. The Morgan fingerprint density at radius 1 is 1.08 bits per heavy atom. The summed E-state index contributed by atoms with van der Waals surface area (Å²) in [6.07, 6.45) is -3.04. The molecule has 0 amide bonds. The number of alkyl halides is 3. The smallest absolute Gasteiger partial charge is 0.255 e. The van der Waals surface area contributed by atoms with Gasteiger partial charge in [-0.2, -0.15) is 28.7 Å². The van der Waals surface area contributed by atoms with E-state index in [2.05, 4.69) is 20.4 Å². The number of benzene rings is 1. The number of nitrogens with zero attached hydrogens (tertiary/aromatic N) is 4.